The van der Waals surface area contributed by atoms with Gasteiger partial charge in [-0.25, -0.2) is 9.78 Å². The van der Waals surface area contributed by atoms with Gasteiger partial charge in [-0.1, -0.05) is 12.1 Å². The third kappa shape index (κ3) is 4.32. The average molecular weight is 470 g/mol. The number of Topliss-reactive ketones (excluding diaryl/α,β-unsaturated/α-hetero) is 1. The van der Waals surface area contributed by atoms with Crippen molar-refractivity contribution in [2.45, 2.75) is 50.6 Å². The van der Waals surface area contributed by atoms with E-state index in [0.717, 1.165) is 77.3 Å². The molecule has 0 spiro atoms. The van der Waals surface area contributed by atoms with Gasteiger partial charge >= 0.3 is 6.09 Å². The van der Waals surface area contributed by atoms with Gasteiger partial charge in [0.05, 0.1) is 34.1 Å². The highest BCUT2D eigenvalue weighted by molar-refractivity contribution is 6.10. The second-order valence-corrected chi connectivity index (χ2v) is 9.69. The van der Waals surface area contributed by atoms with Crippen LogP contribution >= 0.6 is 0 Å². The minimum Gasteiger partial charge on any atom is -0.465 e. The molecule has 4 aromatic rings. The maximum atomic E-state index is 13.2. The number of H-pyrrole nitrogens is 1. The second-order valence-electron chi connectivity index (χ2n) is 9.69. The number of carboxylic acid groups (broad SMARTS) is 1. The molecule has 2 aliphatic carbocycles. The number of carbonyl (C=O) groups excluding carboxylic acids is 1. The van der Waals surface area contributed by atoms with Crippen molar-refractivity contribution in [3.8, 4) is 11.1 Å². The number of pyridine rings is 1. The third-order valence-electron chi connectivity index (χ3n) is 7.24. The molecule has 2 saturated carbocycles. The molecule has 2 heterocycles. The lowest BCUT2D eigenvalue weighted by Crippen LogP contribution is -2.39. The van der Waals surface area contributed by atoms with E-state index in [-0.39, 0.29) is 23.8 Å². The molecule has 2 aromatic heterocycles. The van der Waals surface area contributed by atoms with Crippen LogP contribution in [0.1, 0.15) is 48.9 Å². The Morgan fingerprint density at radius 1 is 0.886 bits per heavy atom. The largest absolute Gasteiger partial charge is 0.465 e. The van der Waals surface area contributed by atoms with Crippen LogP contribution < -0.4 is 10.6 Å². The van der Waals surface area contributed by atoms with Crippen molar-refractivity contribution in [1.82, 2.24) is 20.3 Å². The second kappa shape index (κ2) is 8.69. The predicted octanol–water partition coefficient (Wildman–Crippen LogP) is 5.36. The van der Waals surface area contributed by atoms with Gasteiger partial charge in [0, 0.05) is 29.6 Å². The minimum absolute atomic E-state index is 0.0177. The van der Waals surface area contributed by atoms with Crippen LogP contribution in [-0.4, -0.2) is 44.0 Å². The first-order valence-corrected chi connectivity index (χ1v) is 12.2. The van der Waals surface area contributed by atoms with Gasteiger partial charge in [-0.05, 0) is 73.9 Å². The Morgan fingerprint density at radius 3 is 2.40 bits per heavy atom. The molecule has 0 radical (unpaired) electrons. The molecule has 2 fully saturated rings. The number of nitrogens with one attached hydrogen (secondary N) is 3. The summed E-state index contributed by atoms with van der Waals surface area (Å²) in [6.07, 6.45) is 7.53. The van der Waals surface area contributed by atoms with Gasteiger partial charge in [0.25, 0.3) is 0 Å². The Kier molecular flexibility index (Phi) is 5.36. The van der Waals surface area contributed by atoms with E-state index in [9.17, 15) is 9.59 Å². The van der Waals surface area contributed by atoms with Crippen molar-refractivity contribution in [1.29, 1.82) is 0 Å². The van der Waals surface area contributed by atoms with Crippen molar-refractivity contribution in [3.63, 3.8) is 0 Å². The van der Waals surface area contributed by atoms with Crippen LogP contribution in [0.2, 0.25) is 0 Å². The van der Waals surface area contributed by atoms with E-state index in [2.05, 4.69) is 49.9 Å². The molecule has 1 amide bonds. The van der Waals surface area contributed by atoms with Gasteiger partial charge in [-0.2, -0.15) is 0 Å². The number of amides is 1. The molecule has 2 aliphatic rings. The number of carbonyl (C=O) groups is 2. The molecule has 0 bridgehead atoms. The molecule has 0 atom stereocenters. The van der Waals surface area contributed by atoms with E-state index in [1.165, 1.54) is 0 Å². The lowest BCUT2D eigenvalue weighted by molar-refractivity contribution is 0.0968. The van der Waals surface area contributed by atoms with Gasteiger partial charge in [0.2, 0.25) is 0 Å². The number of hydrogen-bond donors (Lipinski definition) is 4. The van der Waals surface area contributed by atoms with Crippen LogP contribution in [0.5, 0.6) is 0 Å². The summed E-state index contributed by atoms with van der Waals surface area (Å²) in [5, 5.41) is 16.2. The fourth-order valence-corrected chi connectivity index (χ4v) is 5.15. The van der Waals surface area contributed by atoms with Gasteiger partial charge in [0.15, 0.2) is 5.78 Å². The summed E-state index contributed by atoms with van der Waals surface area (Å²) < 4.78 is 0. The highest BCUT2D eigenvalue weighted by atomic mass is 16.4. The summed E-state index contributed by atoms with van der Waals surface area (Å²) in [5.41, 5.74) is 6.34. The Balaban J connectivity index is 1.37. The zero-order valence-corrected chi connectivity index (χ0v) is 19.3. The fourth-order valence-electron chi connectivity index (χ4n) is 5.15. The van der Waals surface area contributed by atoms with E-state index in [1.54, 1.807) is 12.5 Å². The molecule has 35 heavy (non-hydrogen) atoms. The van der Waals surface area contributed by atoms with Crippen LogP contribution in [-0.2, 0) is 0 Å². The molecule has 2 aromatic carbocycles. The number of ketones is 1. The smallest absolute Gasteiger partial charge is 0.404 e. The van der Waals surface area contributed by atoms with E-state index in [1.807, 2.05) is 12.1 Å². The highest BCUT2D eigenvalue weighted by Gasteiger charge is 2.33. The normalized spacial score (nSPS) is 20.1. The lowest BCUT2D eigenvalue weighted by Gasteiger charge is -2.30. The van der Waals surface area contributed by atoms with Crippen LogP contribution in [0.4, 0.5) is 10.5 Å². The number of hydrogen-bond acceptors (Lipinski definition) is 5. The van der Waals surface area contributed by atoms with Gasteiger partial charge in [-0.3, -0.25) is 9.78 Å². The van der Waals surface area contributed by atoms with E-state index in [0.29, 0.717) is 5.56 Å². The minimum atomic E-state index is -0.973. The summed E-state index contributed by atoms with van der Waals surface area (Å²) in [5.74, 6) is 0.252. The molecule has 8 nitrogen and oxygen atoms in total. The van der Waals surface area contributed by atoms with E-state index >= 15 is 0 Å². The summed E-state index contributed by atoms with van der Waals surface area (Å²) in [6, 6.07) is 12.5. The van der Waals surface area contributed by atoms with Gasteiger partial charge in [0.1, 0.15) is 0 Å². The molecule has 0 aliphatic heterocycles. The molecule has 4 N–H and O–H groups in total. The molecule has 6 rings (SSSR count). The van der Waals surface area contributed by atoms with E-state index < -0.39 is 6.09 Å². The lowest BCUT2D eigenvalue weighted by atomic mass is 9.90. The number of aromatic amines is 1. The van der Waals surface area contributed by atoms with Gasteiger partial charge in [-0.15, -0.1) is 0 Å². The van der Waals surface area contributed by atoms with E-state index in [4.69, 9.17) is 5.11 Å². The zero-order chi connectivity index (χ0) is 23.9. The Bertz CT molecular complexity index is 1430. The number of anilines is 1. The molecule has 0 unspecified atom stereocenters. The summed E-state index contributed by atoms with van der Waals surface area (Å²) in [6.45, 7) is 0. The van der Waals surface area contributed by atoms with Crippen molar-refractivity contribution >= 4 is 39.5 Å². The van der Waals surface area contributed by atoms with Crippen LogP contribution in [0.3, 0.4) is 0 Å². The number of nitrogens with zero attached hydrogens (tertiary/aromatic N) is 2. The van der Waals surface area contributed by atoms with Crippen LogP contribution in [0.25, 0.3) is 33.1 Å². The Hall–Kier alpha value is -3.94. The number of fused-ring (bicyclic) bond motifs is 2. The highest BCUT2D eigenvalue weighted by Crippen LogP contribution is 2.38. The first kappa shape index (κ1) is 21.6. The van der Waals surface area contributed by atoms with Crippen LogP contribution in [0, 0.1) is 5.92 Å². The average Bonchev–Trinajstić information content (AvgIpc) is 3.61. The number of imidazole rings is 1. The Morgan fingerprint density at radius 2 is 1.63 bits per heavy atom. The molecule has 178 valence electrons. The molecular formula is C27H27N5O3. The maximum Gasteiger partial charge on any atom is 0.404 e. The standard InChI is InChI=1S/C27H27N5O3/c33-26(15-1-2-15)21-13-28-22-9-3-16(17-4-10-23-24(12-17)30-14-29-23)11-20(22)25(21)31-18-5-7-19(8-6-18)32-27(34)35/h3-4,9-15,18-19,32H,1-2,5-8H2,(H,28,31)(H,29,30)(H,34,35)/t18-,19-. The quantitative estimate of drug-likeness (QED) is 0.282. The Labute approximate surface area is 202 Å². The third-order valence-corrected chi connectivity index (χ3v) is 7.24. The summed E-state index contributed by atoms with van der Waals surface area (Å²) >= 11 is 0. The van der Waals surface area contributed by atoms with Gasteiger partial charge < -0.3 is 20.7 Å². The predicted molar refractivity (Wildman–Crippen MR) is 135 cm³/mol. The van der Waals surface area contributed by atoms with Crippen molar-refractivity contribution < 1.29 is 14.7 Å². The first-order chi connectivity index (χ1) is 17.0. The monoisotopic (exact) mass is 469 g/mol. The topological polar surface area (TPSA) is 120 Å². The zero-order valence-electron chi connectivity index (χ0n) is 19.3. The molecule has 0 saturated heterocycles. The number of benzene rings is 2. The van der Waals surface area contributed by atoms with Crippen molar-refractivity contribution in [2.75, 3.05) is 5.32 Å². The van der Waals surface area contributed by atoms with Crippen molar-refractivity contribution in [2.24, 2.45) is 5.92 Å². The SMILES string of the molecule is O=C(O)N[C@H]1CC[C@H](Nc2c(C(=O)C3CC3)cnc3ccc(-c4ccc5[nH]cnc5c4)cc23)CC1. The first-order valence-electron chi connectivity index (χ1n) is 12.2. The van der Waals surface area contributed by atoms with Crippen molar-refractivity contribution in [3.05, 3.63) is 54.5 Å². The molecular weight excluding hydrogens is 442 g/mol. The summed E-state index contributed by atoms with van der Waals surface area (Å²) in [7, 11) is 0. The molecule has 8 heteroatoms. The summed E-state index contributed by atoms with van der Waals surface area (Å²) in [4.78, 5) is 36.3. The fraction of sp³-hybridized carbons (Fsp3) is 0.333. The van der Waals surface area contributed by atoms with Crippen LogP contribution in [0.15, 0.2) is 48.9 Å². The maximum absolute atomic E-state index is 13.2. The number of rotatable bonds is 6. The number of aromatic nitrogens is 3.